The minimum absolute atomic E-state index is 0.648. The van der Waals surface area contributed by atoms with E-state index in [9.17, 15) is 0 Å². The van der Waals surface area contributed by atoms with Crippen LogP contribution in [0.3, 0.4) is 0 Å². The van der Waals surface area contributed by atoms with E-state index in [1.165, 1.54) is 16.7 Å². The Kier molecular flexibility index (Phi) is 18.7. The van der Waals surface area contributed by atoms with Gasteiger partial charge in [0.15, 0.2) is 0 Å². The Balaban J connectivity index is -0.000000285. The number of benzene rings is 1. The van der Waals surface area contributed by atoms with Crippen molar-refractivity contribution >= 4 is 0 Å². The normalized spacial score (nSPS) is 7.82. The fourth-order valence-corrected chi connectivity index (χ4v) is 1.40. The zero-order valence-corrected chi connectivity index (χ0v) is 13.2. The molecule has 0 heterocycles. The van der Waals surface area contributed by atoms with Crippen LogP contribution >= 0.6 is 0 Å². The molecule has 0 heteroatoms. The summed E-state index contributed by atoms with van der Waals surface area (Å²) >= 11 is 0. The van der Waals surface area contributed by atoms with Crippen molar-refractivity contribution in [1.82, 2.24) is 0 Å². The Bertz CT molecular complexity index is 259. The van der Waals surface area contributed by atoms with Gasteiger partial charge >= 0.3 is 0 Å². The molecule has 0 aliphatic heterocycles. The number of rotatable bonds is 1. The summed E-state index contributed by atoms with van der Waals surface area (Å²) in [7, 11) is 0. The summed E-state index contributed by atoms with van der Waals surface area (Å²) in [6.07, 6.45) is 0. The zero-order valence-electron chi connectivity index (χ0n) is 13.2. The summed E-state index contributed by atoms with van der Waals surface area (Å²) in [5, 5.41) is 0. The third kappa shape index (κ3) is 8.74. The molecule has 0 atom stereocenters. The molecule has 0 nitrogen and oxygen atoms in total. The van der Waals surface area contributed by atoms with Gasteiger partial charge in [0.1, 0.15) is 0 Å². The molecule has 17 heavy (non-hydrogen) atoms. The molecule has 0 aliphatic carbocycles. The van der Waals surface area contributed by atoms with E-state index in [0.29, 0.717) is 5.92 Å². The molecule has 0 saturated heterocycles. The van der Waals surface area contributed by atoms with Crippen LogP contribution in [0.1, 0.15) is 64.2 Å². The number of aryl methyl sites for hydroxylation is 1. The first-order chi connectivity index (χ1) is 8.13. The van der Waals surface area contributed by atoms with Crippen molar-refractivity contribution < 1.29 is 0 Å². The molecule has 0 N–H and O–H groups in total. The average Bonchev–Trinajstić information content (AvgIpc) is 2.39. The summed E-state index contributed by atoms with van der Waals surface area (Å²) in [5.41, 5.74) is 4.32. The van der Waals surface area contributed by atoms with Crippen molar-refractivity contribution in [2.75, 3.05) is 0 Å². The van der Waals surface area contributed by atoms with Gasteiger partial charge in [-0.25, -0.2) is 0 Å². The Morgan fingerprint density at radius 3 is 1.59 bits per heavy atom. The van der Waals surface area contributed by atoms with Crippen LogP contribution in [0.25, 0.3) is 0 Å². The van der Waals surface area contributed by atoms with E-state index >= 15 is 0 Å². The lowest BCUT2D eigenvalue weighted by atomic mass is 9.95. The van der Waals surface area contributed by atoms with Crippen LogP contribution in [0.2, 0.25) is 0 Å². The Morgan fingerprint density at radius 1 is 0.882 bits per heavy atom. The summed E-state index contributed by atoms with van der Waals surface area (Å²) in [4.78, 5) is 0. The van der Waals surface area contributed by atoms with Crippen molar-refractivity contribution in [2.45, 2.75) is 61.3 Å². The van der Waals surface area contributed by atoms with Crippen molar-refractivity contribution in [3.8, 4) is 0 Å². The lowest BCUT2D eigenvalue weighted by Gasteiger charge is -2.10. The summed E-state index contributed by atoms with van der Waals surface area (Å²) in [6.45, 7) is 22.8. The lowest BCUT2D eigenvalue weighted by Crippen LogP contribution is -1.93. The number of hydrogen-bond donors (Lipinski definition) is 0. The maximum Gasteiger partial charge on any atom is -0.0216 e. The van der Waals surface area contributed by atoms with Crippen molar-refractivity contribution in [2.24, 2.45) is 0 Å². The van der Waals surface area contributed by atoms with Gasteiger partial charge in [0, 0.05) is 0 Å². The summed E-state index contributed by atoms with van der Waals surface area (Å²) in [6, 6.07) is 6.52. The third-order valence-electron chi connectivity index (χ3n) is 2.27. The maximum absolute atomic E-state index is 3.00. The molecule has 0 radical (unpaired) electrons. The van der Waals surface area contributed by atoms with Gasteiger partial charge in [-0.2, -0.15) is 0 Å². The smallest absolute Gasteiger partial charge is 0.0216 e. The quantitative estimate of drug-likeness (QED) is 0.503. The molecule has 1 aromatic rings. The molecule has 1 aromatic carbocycles. The van der Waals surface area contributed by atoms with E-state index in [4.69, 9.17) is 0 Å². The fourth-order valence-electron chi connectivity index (χ4n) is 1.40. The highest BCUT2D eigenvalue weighted by Gasteiger charge is 2.03. The van der Waals surface area contributed by atoms with Crippen LogP contribution in [0.5, 0.6) is 0 Å². The molecule has 0 unspecified atom stereocenters. The molecule has 100 valence electrons. The van der Waals surface area contributed by atoms with Gasteiger partial charge in [0.05, 0.1) is 0 Å². The van der Waals surface area contributed by atoms with Gasteiger partial charge in [0.25, 0.3) is 0 Å². The first kappa shape index (κ1) is 21.3. The average molecular weight is 236 g/mol. The van der Waals surface area contributed by atoms with E-state index in [0.717, 1.165) is 0 Å². The Hall–Kier alpha value is -1.04. The van der Waals surface area contributed by atoms with Crippen molar-refractivity contribution in [3.63, 3.8) is 0 Å². The predicted octanol–water partition coefficient (Wildman–Crippen LogP) is 6.28. The second-order valence-electron chi connectivity index (χ2n) is 3.44. The molecular formula is C17H32. The van der Waals surface area contributed by atoms with Gasteiger partial charge in [-0.1, -0.05) is 59.7 Å². The molecule has 0 aliphatic rings. The van der Waals surface area contributed by atoms with E-state index in [2.05, 4.69) is 59.1 Å². The van der Waals surface area contributed by atoms with Crippen LogP contribution in [0.4, 0.5) is 0 Å². The van der Waals surface area contributed by atoms with Crippen LogP contribution in [-0.4, -0.2) is 0 Å². The van der Waals surface area contributed by atoms with Gasteiger partial charge in [-0.15, -0.1) is 13.2 Å². The third-order valence-corrected chi connectivity index (χ3v) is 2.27. The monoisotopic (exact) mass is 236 g/mol. The molecule has 0 fully saturated rings. The molecule has 0 aromatic heterocycles. The Morgan fingerprint density at radius 2 is 1.29 bits per heavy atom. The zero-order chi connectivity index (χ0) is 14.4. The maximum atomic E-state index is 3.00. The van der Waals surface area contributed by atoms with Crippen LogP contribution < -0.4 is 0 Å². The second-order valence-corrected chi connectivity index (χ2v) is 3.44. The molecule has 1 rings (SSSR count). The summed E-state index contributed by atoms with van der Waals surface area (Å²) < 4.78 is 0. The molecule has 0 spiro atoms. The molecular weight excluding hydrogens is 204 g/mol. The Labute approximate surface area is 110 Å². The summed E-state index contributed by atoms with van der Waals surface area (Å²) in [5.74, 6) is 0.648. The first-order valence-corrected chi connectivity index (χ1v) is 6.69. The molecule has 0 bridgehead atoms. The lowest BCUT2D eigenvalue weighted by molar-refractivity contribution is 0.854. The van der Waals surface area contributed by atoms with E-state index in [1.54, 1.807) is 0 Å². The predicted molar refractivity (Wildman–Crippen MR) is 84.0 cm³/mol. The van der Waals surface area contributed by atoms with E-state index in [1.807, 2.05) is 27.7 Å². The minimum Gasteiger partial charge on any atom is -0.106 e. The van der Waals surface area contributed by atoms with Crippen LogP contribution in [-0.2, 0) is 0 Å². The standard InChI is InChI=1S/C11H16.2C2H6.C2H4/c1-8(2)11-7-5-6-9(3)10(11)4;3*1-2/h5-8H,1-4H3;2*1-2H3;1-2H2. The topological polar surface area (TPSA) is 0 Å². The van der Waals surface area contributed by atoms with Gasteiger partial charge in [0.2, 0.25) is 0 Å². The second kappa shape index (κ2) is 15.0. The van der Waals surface area contributed by atoms with E-state index < -0.39 is 0 Å². The van der Waals surface area contributed by atoms with Gasteiger partial charge in [-0.3, -0.25) is 0 Å². The van der Waals surface area contributed by atoms with Crippen molar-refractivity contribution in [3.05, 3.63) is 48.0 Å². The largest absolute Gasteiger partial charge is 0.106 e. The molecule has 0 saturated carbocycles. The van der Waals surface area contributed by atoms with Crippen molar-refractivity contribution in [1.29, 1.82) is 0 Å². The highest BCUT2D eigenvalue weighted by Crippen LogP contribution is 2.20. The number of hydrogen-bond acceptors (Lipinski definition) is 0. The minimum atomic E-state index is 0.648. The van der Waals surface area contributed by atoms with Gasteiger partial charge < -0.3 is 0 Å². The van der Waals surface area contributed by atoms with Gasteiger partial charge in [-0.05, 0) is 36.5 Å². The highest BCUT2D eigenvalue weighted by molar-refractivity contribution is 5.34. The highest BCUT2D eigenvalue weighted by atomic mass is 14.1. The van der Waals surface area contributed by atoms with Crippen LogP contribution in [0, 0.1) is 13.8 Å². The van der Waals surface area contributed by atoms with Crippen LogP contribution in [0.15, 0.2) is 31.4 Å². The first-order valence-electron chi connectivity index (χ1n) is 6.69. The SMILES string of the molecule is C=C.CC.CC.Cc1cccc(C(C)C)c1C. The van der Waals surface area contributed by atoms with E-state index in [-0.39, 0.29) is 0 Å². The molecule has 0 amide bonds. The fraction of sp³-hybridized carbons (Fsp3) is 0.529.